The molecule has 6 heteroatoms. The van der Waals surface area contributed by atoms with Crippen LogP contribution in [0.25, 0.3) is 115 Å². The van der Waals surface area contributed by atoms with E-state index in [2.05, 4.69) is 168 Å². The zero-order valence-corrected chi connectivity index (χ0v) is 35.1. The number of aromatic nitrogens is 4. The van der Waals surface area contributed by atoms with E-state index in [0.29, 0.717) is 17.6 Å². The van der Waals surface area contributed by atoms with Crippen LogP contribution >= 0.6 is 11.3 Å². The summed E-state index contributed by atoms with van der Waals surface area (Å²) in [5, 5.41) is 6.91. The van der Waals surface area contributed by atoms with Crippen LogP contribution in [0.2, 0.25) is 0 Å². The summed E-state index contributed by atoms with van der Waals surface area (Å²) in [6.45, 7) is 0. The Morgan fingerprint density at radius 3 is 2.11 bits per heavy atom. The maximum Gasteiger partial charge on any atom is 0.238 e. The van der Waals surface area contributed by atoms with Crippen LogP contribution in [0.3, 0.4) is 0 Å². The molecule has 8 aromatic carbocycles. The SMILES string of the molecule is c1ccc(-c2cccc3c2oc2cc(-c4nc(-c5cccc6sc7ccccc7c56)nc(-n5c6ccccc6c6cc7c(cc65)C5(CCCCC5)c5ccccc5-7)n4)ccc23)cc1. The van der Waals surface area contributed by atoms with Gasteiger partial charge in [-0.05, 0) is 83.1 Å². The van der Waals surface area contributed by atoms with Gasteiger partial charge in [-0.1, -0.05) is 147 Å². The number of fused-ring (bicyclic) bond motifs is 14. The average molecular weight is 827 g/mol. The number of hydrogen-bond donors (Lipinski definition) is 0. The fraction of sp³-hybridized carbons (Fsp3) is 0.105. The van der Waals surface area contributed by atoms with Crippen molar-refractivity contribution in [1.82, 2.24) is 19.5 Å². The van der Waals surface area contributed by atoms with Crippen molar-refractivity contribution in [2.75, 3.05) is 0 Å². The largest absolute Gasteiger partial charge is 0.455 e. The van der Waals surface area contributed by atoms with E-state index in [-0.39, 0.29) is 5.41 Å². The molecular formula is C57H38N4OS. The Morgan fingerprint density at radius 1 is 0.460 bits per heavy atom. The lowest BCUT2D eigenvalue weighted by Crippen LogP contribution is -2.28. The molecule has 1 spiro atoms. The molecule has 1 saturated carbocycles. The van der Waals surface area contributed by atoms with E-state index < -0.39 is 0 Å². The van der Waals surface area contributed by atoms with Crippen molar-refractivity contribution in [1.29, 1.82) is 0 Å². The highest BCUT2D eigenvalue weighted by Crippen LogP contribution is 2.57. The van der Waals surface area contributed by atoms with Gasteiger partial charge in [0.05, 0.1) is 11.0 Å². The van der Waals surface area contributed by atoms with Crippen molar-refractivity contribution in [3.63, 3.8) is 0 Å². The van der Waals surface area contributed by atoms with Crippen LogP contribution in [-0.4, -0.2) is 19.5 Å². The van der Waals surface area contributed by atoms with Crippen LogP contribution in [0.4, 0.5) is 0 Å². The minimum Gasteiger partial charge on any atom is -0.455 e. The van der Waals surface area contributed by atoms with E-state index in [1.165, 1.54) is 85.3 Å². The number of thiophene rings is 1. The molecule has 4 aromatic heterocycles. The van der Waals surface area contributed by atoms with Gasteiger partial charge >= 0.3 is 0 Å². The van der Waals surface area contributed by atoms with Crippen LogP contribution in [0, 0.1) is 0 Å². The van der Waals surface area contributed by atoms with Gasteiger partial charge in [-0.2, -0.15) is 9.97 Å². The number of benzene rings is 8. The quantitative estimate of drug-likeness (QED) is 0.177. The molecule has 63 heavy (non-hydrogen) atoms. The first-order valence-corrected chi connectivity index (χ1v) is 22.9. The summed E-state index contributed by atoms with van der Waals surface area (Å²) in [4.78, 5) is 16.4. The molecule has 0 aliphatic heterocycles. The van der Waals surface area contributed by atoms with Crippen LogP contribution in [-0.2, 0) is 5.41 Å². The Bertz CT molecular complexity index is 3850. The lowest BCUT2D eigenvalue weighted by atomic mass is 9.68. The summed E-state index contributed by atoms with van der Waals surface area (Å²) in [5.41, 5.74) is 13.6. The normalized spacial score (nSPS) is 14.5. The molecule has 12 aromatic rings. The van der Waals surface area contributed by atoms with Crippen molar-refractivity contribution in [3.05, 3.63) is 181 Å². The number of furan rings is 1. The summed E-state index contributed by atoms with van der Waals surface area (Å²) in [6.07, 6.45) is 6.09. The molecule has 0 saturated heterocycles. The van der Waals surface area contributed by atoms with Gasteiger partial charge in [0.15, 0.2) is 11.6 Å². The Kier molecular flexibility index (Phi) is 7.43. The van der Waals surface area contributed by atoms with Gasteiger partial charge < -0.3 is 4.42 Å². The summed E-state index contributed by atoms with van der Waals surface area (Å²) in [5.74, 6) is 1.84. The second-order valence-electron chi connectivity index (χ2n) is 17.4. The van der Waals surface area contributed by atoms with E-state index in [0.717, 1.165) is 55.2 Å². The van der Waals surface area contributed by atoms with Gasteiger partial charge in [0, 0.05) is 63.8 Å². The van der Waals surface area contributed by atoms with Gasteiger partial charge in [-0.15, -0.1) is 11.3 Å². The smallest absolute Gasteiger partial charge is 0.238 e. The third-order valence-electron chi connectivity index (χ3n) is 14.1. The number of hydrogen-bond acceptors (Lipinski definition) is 5. The van der Waals surface area contributed by atoms with E-state index >= 15 is 0 Å². The third-order valence-corrected chi connectivity index (χ3v) is 15.2. The topological polar surface area (TPSA) is 56.7 Å². The lowest BCUT2D eigenvalue weighted by Gasteiger charge is -2.36. The fourth-order valence-corrected chi connectivity index (χ4v) is 12.4. The Labute approximate surface area is 366 Å². The molecule has 0 amide bonds. The van der Waals surface area contributed by atoms with Crippen LogP contribution < -0.4 is 0 Å². The zero-order valence-electron chi connectivity index (χ0n) is 34.3. The molecule has 0 atom stereocenters. The van der Waals surface area contributed by atoms with E-state index in [9.17, 15) is 0 Å². The Hall–Kier alpha value is -7.41. The Balaban J connectivity index is 1.04. The van der Waals surface area contributed by atoms with Gasteiger partial charge in [-0.3, -0.25) is 4.57 Å². The summed E-state index contributed by atoms with van der Waals surface area (Å²) in [7, 11) is 0. The predicted molar refractivity (Wildman–Crippen MR) is 260 cm³/mol. The molecule has 298 valence electrons. The average Bonchev–Trinajstić information content (AvgIpc) is 4.08. The minimum atomic E-state index is 0.00704. The zero-order chi connectivity index (χ0) is 41.2. The summed E-state index contributed by atoms with van der Waals surface area (Å²) in [6, 6.07) is 61.3. The van der Waals surface area contributed by atoms with E-state index in [4.69, 9.17) is 19.4 Å². The van der Waals surface area contributed by atoms with Crippen LogP contribution in [0.1, 0.15) is 43.2 Å². The second-order valence-corrected chi connectivity index (χ2v) is 18.5. The molecule has 5 nitrogen and oxygen atoms in total. The van der Waals surface area contributed by atoms with Crippen LogP contribution in [0.15, 0.2) is 174 Å². The highest BCUT2D eigenvalue weighted by Gasteiger charge is 2.44. The molecule has 4 heterocycles. The highest BCUT2D eigenvalue weighted by atomic mass is 32.1. The van der Waals surface area contributed by atoms with Crippen molar-refractivity contribution >= 4 is 75.3 Å². The van der Waals surface area contributed by atoms with Gasteiger partial charge in [0.2, 0.25) is 5.95 Å². The first-order chi connectivity index (χ1) is 31.2. The van der Waals surface area contributed by atoms with Crippen LogP contribution in [0.5, 0.6) is 0 Å². The highest BCUT2D eigenvalue weighted by molar-refractivity contribution is 7.25. The maximum atomic E-state index is 6.78. The molecule has 1 fully saturated rings. The number of para-hydroxylation sites is 2. The van der Waals surface area contributed by atoms with Crippen molar-refractivity contribution in [2.45, 2.75) is 37.5 Å². The lowest BCUT2D eigenvalue weighted by molar-refractivity contribution is 0.353. The van der Waals surface area contributed by atoms with Crippen molar-refractivity contribution in [2.24, 2.45) is 0 Å². The molecule has 0 radical (unpaired) electrons. The molecule has 2 aliphatic carbocycles. The molecule has 2 aliphatic rings. The third kappa shape index (κ3) is 5.07. The van der Waals surface area contributed by atoms with Crippen molar-refractivity contribution < 1.29 is 4.42 Å². The molecular weight excluding hydrogens is 789 g/mol. The van der Waals surface area contributed by atoms with Gasteiger partial charge in [0.25, 0.3) is 0 Å². The molecule has 0 bridgehead atoms. The minimum absolute atomic E-state index is 0.00704. The summed E-state index contributed by atoms with van der Waals surface area (Å²) >= 11 is 1.81. The van der Waals surface area contributed by atoms with Gasteiger partial charge in [0.1, 0.15) is 11.2 Å². The summed E-state index contributed by atoms with van der Waals surface area (Å²) < 4.78 is 11.5. The van der Waals surface area contributed by atoms with E-state index in [1.54, 1.807) is 0 Å². The molecule has 0 N–H and O–H groups in total. The van der Waals surface area contributed by atoms with Gasteiger partial charge in [-0.25, -0.2) is 4.98 Å². The first kappa shape index (κ1) is 35.2. The first-order valence-electron chi connectivity index (χ1n) is 22.1. The molecule has 0 unspecified atom stereocenters. The Morgan fingerprint density at radius 2 is 1.19 bits per heavy atom. The standard InChI is InChI=1S/C57H38N4OS/c1-3-15-34(16-4-1)36-20-13-21-40-39-28-27-35(31-49(39)62-53(36)40)54-58-55(42-22-14-26-51-52(42)41-19-7-10-25-50(41)63-51)60-56(59-54)61-47-24-9-6-18-38(47)44-32-43-37-17-5-8-23-45(37)57(29-11-2-12-30-57)46(43)33-48(44)61/h1,3-10,13-28,31-33H,2,11-12,29-30H2. The second kappa shape index (κ2) is 13.3. The predicted octanol–water partition coefficient (Wildman–Crippen LogP) is 15.5. The fourth-order valence-electron chi connectivity index (χ4n) is 11.3. The van der Waals surface area contributed by atoms with Crippen molar-refractivity contribution in [3.8, 4) is 51.0 Å². The molecule has 14 rings (SSSR count). The monoisotopic (exact) mass is 826 g/mol. The number of rotatable bonds is 4. The van der Waals surface area contributed by atoms with E-state index in [1.807, 2.05) is 17.4 Å². The maximum absolute atomic E-state index is 6.78. The number of nitrogens with zero attached hydrogens (tertiary/aromatic N) is 4.